The number of hydrogen-bond donors (Lipinski definition) is 2. The SMILES string of the molecule is CCOC(=O)C1(CCC(=O)Nc2cc(C#N)ccc2N(CC(N)=O)C2CCCCC2)CCN(C(=O)OCc2ccccc2)CC1. The van der Waals surface area contributed by atoms with E-state index in [-0.39, 0.29) is 50.5 Å². The van der Waals surface area contributed by atoms with Gasteiger partial charge in [0, 0.05) is 25.6 Å². The van der Waals surface area contributed by atoms with Crippen LogP contribution in [-0.2, 0) is 30.5 Å². The van der Waals surface area contributed by atoms with Gasteiger partial charge in [-0.05, 0) is 62.8 Å². The van der Waals surface area contributed by atoms with E-state index in [4.69, 9.17) is 15.2 Å². The standard InChI is InChI=1S/C34H43N5O6/c1-2-44-32(42)34(17-19-38(20-18-34)33(43)45-24-25-9-5-3-6-10-25)16-15-31(41)37-28-21-26(22-35)13-14-29(28)39(23-30(36)40)27-11-7-4-8-12-27/h3,5-6,9-10,13-14,21,27H,2,4,7-8,11-12,15-20,23-24H2,1H3,(H2,36,40)(H,37,41). The molecule has 0 aromatic heterocycles. The first-order chi connectivity index (χ1) is 21.7. The highest BCUT2D eigenvalue weighted by atomic mass is 16.6. The molecule has 11 nitrogen and oxygen atoms in total. The fraction of sp³-hybridized carbons (Fsp3) is 0.500. The zero-order valence-electron chi connectivity index (χ0n) is 26.0. The summed E-state index contributed by atoms with van der Waals surface area (Å²) in [6.45, 7) is 2.69. The molecule has 1 aliphatic carbocycles. The molecular formula is C34H43N5O6. The van der Waals surface area contributed by atoms with Gasteiger partial charge in [0.2, 0.25) is 11.8 Å². The van der Waals surface area contributed by atoms with Gasteiger partial charge in [0.25, 0.3) is 0 Å². The molecule has 1 heterocycles. The largest absolute Gasteiger partial charge is 0.466 e. The van der Waals surface area contributed by atoms with Crippen LogP contribution in [0.15, 0.2) is 48.5 Å². The van der Waals surface area contributed by atoms with Crippen molar-refractivity contribution in [1.29, 1.82) is 5.26 Å². The minimum Gasteiger partial charge on any atom is -0.466 e. The molecule has 45 heavy (non-hydrogen) atoms. The molecule has 0 unspecified atom stereocenters. The average molecular weight is 618 g/mol. The number of benzene rings is 2. The van der Waals surface area contributed by atoms with E-state index in [0.717, 1.165) is 37.7 Å². The Balaban J connectivity index is 1.43. The van der Waals surface area contributed by atoms with E-state index in [2.05, 4.69) is 11.4 Å². The van der Waals surface area contributed by atoms with Crippen molar-refractivity contribution in [2.24, 2.45) is 11.1 Å². The van der Waals surface area contributed by atoms with E-state index in [1.807, 2.05) is 35.2 Å². The lowest BCUT2D eigenvalue weighted by atomic mass is 9.74. The van der Waals surface area contributed by atoms with Crippen LogP contribution in [-0.4, -0.2) is 61.1 Å². The first-order valence-electron chi connectivity index (χ1n) is 15.8. The molecular weight excluding hydrogens is 574 g/mol. The maximum Gasteiger partial charge on any atom is 0.410 e. The van der Waals surface area contributed by atoms with Crippen LogP contribution >= 0.6 is 0 Å². The summed E-state index contributed by atoms with van der Waals surface area (Å²) in [6.07, 6.45) is 5.49. The Morgan fingerprint density at radius 3 is 2.40 bits per heavy atom. The second-order valence-electron chi connectivity index (χ2n) is 11.8. The molecule has 0 bridgehead atoms. The first-order valence-corrected chi connectivity index (χ1v) is 15.8. The van der Waals surface area contributed by atoms with Crippen LogP contribution in [0.4, 0.5) is 16.2 Å². The third kappa shape index (κ3) is 8.97. The van der Waals surface area contributed by atoms with Gasteiger partial charge < -0.3 is 30.3 Å². The number of nitrogens with two attached hydrogens (primary N) is 1. The number of nitrogens with zero attached hydrogens (tertiary/aromatic N) is 3. The van der Waals surface area contributed by atoms with Crippen molar-refractivity contribution < 1.29 is 28.7 Å². The highest BCUT2D eigenvalue weighted by Gasteiger charge is 2.44. The smallest absolute Gasteiger partial charge is 0.410 e. The number of nitriles is 1. The van der Waals surface area contributed by atoms with E-state index in [1.165, 1.54) is 0 Å². The van der Waals surface area contributed by atoms with Crippen LogP contribution in [0.25, 0.3) is 0 Å². The molecule has 240 valence electrons. The van der Waals surface area contributed by atoms with E-state index < -0.39 is 17.4 Å². The van der Waals surface area contributed by atoms with Crippen molar-refractivity contribution in [2.45, 2.75) is 77.4 Å². The lowest BCUT2D eigenvalue weighted by Gasteiger charge is -2.39. The van der Waals surface area contributed by atoms with Crippen molar-refractivity contribution in [3.05, 3.63) is 59.7 Å². The molecule has 1 aliphatic heterocycles. The molecule has 11 heteroatoms. The normalized spacial score (nSPS) is 16.2. The number of nitrogens with one attached hydrogen (secondary N) is 1. The minimum absolute atomic E-state index is 0.00428. The number of esters is 1. The minimum atomic E-state index is -0.930. The Kier molecular flexibility index (Phi) is 11.8. The van der Waals surface area contributed by atoms with Gasteiger partial charge in [-0.2, -0.15) is 5.26 Å². The van der Waals surface area contributed by atoms with Gasteiger partial charge in [0.15, 0.2) is 0 Å². The molecule has 2 fully saturated rings. The number of hydrogen-bond acceptors (Lipinski definition) is 8. The maximum atomic E-state index is 13.4. The fourth-order valence-electron chi connectivity index (χ4n) is 6.26. The zero-order chi connectivity index (χ0) is 32.2. The summed E-state index contributed by atoms with van der Waals surface area (Å²) in [4.78, 5) is 54.9. The van der Waals surface area contributed by atoms with Crippen LogP contribution in [0.2, 0.25) is 0 Å². The molecule has 2 aromatic rings. The topological polar surface area (TPSA) is 155 Å². The van der Waals surface area contributed by atoms with Gasteiger partial charge in [-0.3, -0.25) is 14.4 Å². The van der Waals surface area contributed by atoms with Crippen molar-refractivity contribution in [2.75, 3.05) is 36.5 Å². The van der Waals surface area contributed by atoms with Gasteiger partial charge in [-0.15, -0.1) is 0 Å². The second-order valence-corrected chi connectivity index (χ2v) is 11.8. The molecule has 3 amide bonds. The number of amides is 3. The third-order valence-corrected chi connectivity index (χ3v) is 8.77. The molecule has 2 aromatic carbocycles. The van der Waals surface area contributed by atoms with E-state index in [1.54, 1.807) is 30.0 Å². The lowest BCUT2D eigenvalue weighted by Crippen LogP contribution is -2.47. The van der Waals surface area contributed by atoms with Gasteiger partial charge in [-0.1, -0.05) is 49.6 Å². The number of rotatable bonds is 12. The number of anilines is 2. The first kappa shape index (κ1) is 33.3. The Morgan fingerprint density at radius 1 is 1.04 bits per heavy atom. The van der Waals surface area contributed by atoms with Crippen molar-refractivity contribution in [3.63, 3.8) is 0 Å². The van der Waals surface area contributed by atoms with Gasteiger partial charge in [-0.25, -0.2) is 4.79 Å². The highest BCUT2D eigenvalue weighted by molar-refractivity contribution is 5.96. The van der Waals surface area contributed by atoms with Crippen LogP contribution in [0, 0.1) is 16.7 Å². The van der Waals surface area contributed by atoms with Gasteiger partial charge in [0.1, 0.15) is 6.61 Å². The Labute approximate surface area is 264 Å². The number of carbonyl (C=O) groups excluding carboxylic acids is 4. The molecule has 0 spiro atoms. The molecule has 0 atom stereocenters. The Hall–Kier alpha value is -4.59. The molecule has 0 radical (unpaired) electrons. The summed E-state index contributed by atoms with van der Waals surface area (Å²) >= 11 is 0. The van der Waals surface area contributed by atoms with Gasteiger partial charge >= 0.3 is 12.1 Å². The second kappa shape index (κ2) is 15.9. The van der Waals surface area contributed by atoms with Crippen molar-refractivity contribution >= 4 is 35.3 Å². The molecule has 1 saturated heterocycles. The molecule has 4 rings (SSSR count). The van der Waals surface area contributed by atoms with E-state index >= 15 is 0 Å². The Bertz CT molecular complexity index is 1380. The number of carbonyl (C=O) groups is 4. The van der Waals surface area contributed by atoms with Crippen LogP contribution in [0.3, 0.4) is 0 Å². The number of ether oxygens (including phenoxy) is 2. The van der Waals surface area contributed by atoms with Crippen LogP contribution < -0.4 is 16.0 Å². The number of likely N-dealkylation sites (tertiary alicyclic amines) is 1. The summed E-state index contributed by atoms with van der Waals surface area (Å²) < 4.78 is 10.9. The summed E-state index contributed by atoms with van der Waals surface area (Å²) in [6, 6.07) is 16.6. The van der Waals surface area contributed by atoms with Crippen LogP contribution in [0.5, 0.6) is 0 Å². The van der Waals surface area contributed by atoms with Crippen molar-refractivity contribution in [1.82, 2.24) is 4.90 Å². The lowest BCUT2D eigenvalue weighted by molar-refractivity contribution is -0.159. The summed E-state index contributed by atoms with van der Waals surface area (Å²) in [5, 5.41) is 12.5. The Morgan fingerprint density at radius 2 is 1.76 bits per heavy atom. The van der Waals surface area contributed by atoms with E-state index in [9.17, 15) is 24.4 Å². The fourth-order valence-corrected chi connectivity index (χ4v) is 6.26. The average Bonchev–Trinajstić information content (AvgIpc) is 3.06. The molecule has 3 N–H and O–H groups in total. The maximum absolute atomic E-state index is 13.4. The molecule has 1 saturated carbocycles. The predicted molar refractivity (Wildman–Crippen MR) is 169 cm³/mol. The summed E-state index contributed by atoms with van der Waals surface area (Å²) in [5.74, 6) is -1.19. The zero-order valence-corrected chi connectivity index (χ0v) is 26.0. The summed E-state index contributed by atoms with van der Waals surface area (Å²) in [5.41, 5.74) is 7.00. The number of piperidine rings is 1. The monoisotopic (exact) mass is 617 g/mol. The third-order valence-electron chi connectivity index (χ3n) is 8.77. The predicted octanol–water partition coefficient (Wildman–Crippen LogP) is 4.88. The van der Waals surface area contributed by atoms with Crippen molar-refractivity contribution in [3.8, 4) is 6.07 Å². The highest BCUT2D eigenvalue weighted by Crippen LogP contribution is 2.39. The van der Waals surface area contributed by atoms with Gasteiger partial charge in [0.05, 0.1) is 41.6 Å². The summed E-state index contributed by atoms with van der Waals surface area (Å²) in [7, 11) is 0. The van der Waals surface area contributed by atoms with Crippen LogP contribution in [0.1, 0.15) is 75.8 Å². The van der Waals surface area contributed by atoms with E-state index in [0.29, 0.717) is 42.9 Å². The quantitative estimate of drug-likeness (QED) is 0.319. The number of primary amides is 1. The molecule has 2 aliphatic rings.